The summed E-state index contributed by atoms with van der Waals surface area (Å²) >= 11 is 0. The summed E-state index contributed by atoms with van der Waals surface area (Å²) in [5.41, 5.74) is 6.33. The Kier molecular flexibility index (Phi) is 5.57. The van der Waals surface area contributed by atoms with E-state index in [1.165, 1.54) is 6.20 Å². The molecule has 106 valence electrons. The summed E-state index contributed by atoms with van der Waals surface area (Å²) < 4.78 is 4.95. The number of hydrogen-bond acceptors (Lipinski definition) is 6. The topological polar surface area (TPSA) is 88.7 Å². The van der Waals surface area contributed by atoms with Crippen molar-refractivity contribution >= 4 is 17.5 Å². The first kappa shape index (κ1) is 15.2. The molecule has 1 rings (SSSR count). The molecule has 1 aromatic rings. The first-order valence-electron chi connectivity index (χ1n) is 6.31. The number of aliphatic hydroxyl groups excluding tert-OH is 1. The minimum Gasteiger partial charge on any atom is -0.462 e. The van der Waals surface area contributed by atoms with E-state index in [1.54, 1.807) is 13.0 Å². The van der Waals surface area contributed by atoms with E-state index >= 15 is 0 Å². The summed E-state index contributed by atoms with van der Waals surface area (Å²) in [7, 11) is 0. The number of aliphatic hydroxyl groups is 1. The van der Waals surface area contributed by atoms with E-state index in [2.05, 4.69) is 4.98 Å². The van der Waals surface area contributed by atoms with Gasteiger partial charge in [0.2, 0.25) is 0 Å². The molecule has 19 heavy (non-hydrogen) atoms. The Morgan fingerprint density at radius 2 is 2.26 bits per heavy atom. The van der Waals surface area contributed by atoms with Crippen molar-refractivity contribution in [1.29, 1.82) is 0 Å². The average Bonchev–Trinajstić information content (AvgIpc) is 2.36. The van der Waals surface area contributed by atoms with Crippen molar-refractivity contribution in [3.63, 3.8) is 0 Å². The smallest absolute Gasteiger partial charge is 0.340 e. The molecule has 0 amide bonds. The first-order chi connectivity index (χ1) is 9.01. The second kappa shape index (κ2) is 6.94. The largest absolute Gasteiger partial charge is 0.462 e. The van der Waals surface area contributed by atoms with Gasteiger partial charge in [-0.1, -0.05) is 0 Å². The van der Waals surface area contributed by atoms with E-state index in [4.69, 9.17) is 15.6 Å². The van der Waals surface area contributed by atoms with E-state index in [-0.39, 0.29) is 18.3 Å². The van der Waals surface area contributed by atoms with Crippen LogP contribution in [0.1, 0.15) is 31.1 Å². The molecular formula is C13H21N3O3. The molecule has 0 spiro atoms. The van der Waals surface area contributed by atoms with Gasteiger partial charge in [-0.3, -0.25) is 0 Å². The van der Waals surface area contributed by atoms with Gasteiger partial charge in [-0.2, -0.15) is 0 Å². The minimum absolute atomic E-state index is 0.0129. The minimum atomic E-state index is -0.462. The van der Waals surface area contributed by atoms with Crippen molar-refractivity contribution in [3.8, 4) is 0 Å². The number of esters is 1. The highest BCUT2D eigenvalue weighted by Crippen LogP contribution is 2.20. The third kappa shape index (κ3) is 3.82. The van der Waals surface area contributed by atoms with Crippen LogP contribution in [0.25, 0.3) is 0 Å². The summed E-state index contributed by atoms with van der Waals surface area (Å²) in [6.45, 7) is 6.45. The monoisotopic (exact) mass is 267 g/mol. The summed E-state index contributed by atoms with van der Waals surface area (Å²) in [4.78, 5) is 17.9. The molecule has 0 saturated heterocycles. The highest BCUT2D eigenvalue weighted by Gasteiger charge is 2.17. The number of nitrogens with zero attached hydrogens (tertiary/aromatic N) is 2. The van der Waals surface area contributed by atoms with Gasteiger partial charge < -0.3 is 20.5 Å². The maximum Gasteiger partial charge on any atom is 0.340 e. The quantitative estimate of drug-likeness (QED) is 0.749. The van der Waals surface area contributed by atoms with Crippen LogP contribution in [0.3, 0.4) is 0 Å². The SMILES string of the molecule is CCOC(=O)c1cc(N(CCO)C(C)C)ncc1N. The first-order valence-corrected chi connectivity index (χ1v) is 6.31. The molecule has 0 aliphatic rings. The molecule has 0 bridgehead atoms. The van der Waals surface area contributed by atoms with E-state index in [0.29, 0.717) is 24.5 Å². The van der Waals surface area contributed by atoms with Crippen LogP contribution in [0.4, 0.5) is 11.5 Å². The molecule has 0 fully saturated rings. The van der Waals surface area contributed by atoms with Crippen molar-refractivity contribution in [2.24, 2.45) is 0 Å². The fraction of sp³-hybridized carbons (Fsp3) is 0.538. The van der Waals surface area contributed by atoms with Crippen molar-refractivity contribution < 1.29 is 14.6 Å². The molecule has 1 heterocycles. The predicted molar refractivity (Wildman–Crippen MR) is 74.2 cm³/mol. The Hall–Kier alpha value is -1.82. The lowest BCUT2D eigenvalue weighted by Gasteiger charge is -2.27. The summed E-state index contributed by atoms with van der Waals surface area (Å²) in [5, 5.41) is 9.08. The molecule has 6 nitrogen and oxygen atoms in total. The van der Waals surface area contributed by atoms with Crippen molar-refractivity contribution in [2.45, 2.75) is 26.8 Å². The van der Waals surface area contributed by atoms with Gasteiger partial charge in [0.05, 0.1) is 30.7 Å². The van der Waals surface area contributed by atoms with Crippen LogP contribution in [0, 0.1) is 0 Å². The maximum atomic E-state index is 11.8. The average molecular weight is 267 g/mol. The van der Waals surface area contributed by atoms with Crippen molar-refractivity contribution in [3.05, 3.63) is 17.8 Å². The maximum absolute atomic E-state index is 11.8. The van der Waals surface area contributed by atoms with Crippen LogP contribution < -0.4 is 10.6 Å². The highest BCUT2D eigenvalue weighted by atomic mass is 16.5. The zero-order valence-corrected chi connectivity index (χ0v) is 11.6. The molecule has 0 atom stereocenters. The summed E-state index contributed by atoms with van der Waals surface area (Å²) in [6.07, 6.45) is 1.44. The highest BCUT2D eigenvalue weighted by molar-refractivity contribution is 5.95. The number of hydrogen-bond donors (Lipinski definition) is 2. The van der Waals surface area contributed by atoms with E-state index in [9.17, 15) is 4.79 Å². The van der Waals surface area contributed by atoms with Gasteiger partial charge in [0, 0.05) is 12.6 Å². The number of pyridine rings is 1. The van der Waals surface area contributed by atoms with Gasteiger partial charge in [0.15, 0.2) is 0 Å². The van der Waals surface area contributed by atoms with E-state index in [0.717, 1.165) is 0 Å². The molecule has 1 aromatic heterocycles. The Morgan fingerprint density at radius 1 is 1.58 bits per heavy atom. The Balaban J connectivity index is 3.09. The van der Waals surface area contributed by atoms with Crippen molar-refractivity contribution in [2.75, 3.05) is 30.4 Å². The van der Waals surface area contributed by atoms with Crippen LogP contribution in [0.5, 0.6) is 0 Å². The fourth-order valence-electron chi connectivity index (χ4n) is 1.74. The molecule has 0 aliphatic heterocycles. The molecular weight excluding hydrogens is 246 g/mol. The number of ether oxygens (including phenoxy) is 1. The molecule has 6 heteroatoms. The lowest BCUT2D eigenvalue weighted by Crippen LogP contribution is -2.34. The number of aromatic nitrogens is 1. The van der Waals surface area contributed by atoms with Crippen LogP contribution in [-0.2, 0) is 4.74 Å². The standard InChI is InChI=1S/C13H21N3O3/c1-4-19-13(18)10-7-12(15-8-11(10)14)16(5-6-17)9(2)3/h7-9,17H,4-6,14H2,1-3H3. The lowest BCUT2D eigenvalue weighted by atomic mass is 10.2. The van der Waals surface area contributed by atoms with Crippen LogP contribution in [0.2, 0.25) is 0 Å². The number of carbonyl (C=O) groups is 1. The third-order valence-electron chi connectivity index (χ3n) is 2.67. The number of nitrogens with two attached hydrogens (primary N) is 1. The van der Waals surface area contributed by atoms with Gasteiger partial charge in [-0.15, -0.1) is 0 Å². The Bertz CT molecular complexity index is 435. The molecule has 0 unspecified atom stereocenters. The van der Waals surface area contributed by atoms with Gasteiger partial charge in [0.25, 0.3) is 0 Å². The zero-order chi connectivity index (χ0) is 14.4. The second-order valence-electron chi connectivity index (χ2n) is 4.36. The van der Waals surface area contributed by atoms with Crippen LogP contribution in [-0.4, -0.2) is 41.9 Å². The number of rotatable bonds is 6. The number of nitrogen functional groups attached to an aromatic ring is 1. The molecule has 0 aromatic carbocycles. The lowest BCUT2D eigenvalue weighted by molar-refractivity contribution is 0.0527. The number of carbonyl (C=O) groups excluding carboxylic acids is 1. The fourth-order valence-corrected chi connectivity index (χ4v) is 1.74. The Morgan fingerprint density at radius 3 is 2.79 bits per heavy atom. The van der Waals surface area contributed by atoms with Crippen LogP contribution >= 0.6 is 0 Å². The van der Waals surface area contributed by atoms with Gasteiger partial charge >= 0.3 is 5.97 Å². The third-order valence-corrected chi connectivity index (χ3v) is 2.67. The van der Waals surface area contributed by atoms with Gasteiger partial charge in [-0.05, 0) is 26.8 Å². The van der Waals surface area contributed by atoms with Crippen LogP contribution in [0.15, 0.2) is 12.3 Å². The molecule has 0 radical (unpaired) electrons. The van der Waals surface area contributed by atoms with Gasteiger partial charge in [0.1, 0.15) is 5.82 Å². The molecule has 0 saturated carbocycles. The number of anilines is 2. The zero-order valence-electron chi connectivity index (χ0n) is 11.6. The normalized spacial score (nSPS) is 10.6. The predicted octanol–water partition coefficient (Wildman–Crippen LogP) is 1.05. The molecule has 0 aliphatic carbocycles. The summed E-state index contributed by atoms with van der Waals surface area (Å²) in [6, 6.07) is 1.75. The summed E-state index contributed by atoms with van der Waals surface area (Å²) in [5.74, 6) is 0.137. The van der Waals surface area contributed by atoms with E-state index < -0.39 is 5.97 Å². The molecule has 3 N–H and O–H groups in total. The Labute approximate surface area is 113 Å². The second-order valence-corrected chi connectivity index (χ2v) is 4.36. The van der Waals surface area contributed by atoms with Crippen molar-refractivity contribution in [1.82, 2.24) is 4.98 Å². The van der Waals surface area contributed by atoms with Gasteiger partial charge in [-0.25, -0.2) is 9.78 Å². The van der Waals surface area contributed by atoms with E-state index in [1.807, 2.05) is 18.7 Å².